The van der Waals surface area contributed by atoms with Crippen molar-refractivity contribution in [2.24, 2.45) is 23.7 Å². The van der Waals surface area contributed by atoms with E-state index in [4.69, 9.17) is 0 Å². The van der Waals surface area contributed by atoms with Gasteiger partial charge < -0.3 is 9.47 Å². The number of aromatic nitrogens is 1. The average Bonchev–Trinajstić information content (AvgIpc) is 3.93. The highest BCUT2D eigenvalue weighted by Gasteiger charge is 2.61. The second-order valence-electron chi connectivity index (χ2n) is 21.3. The smallest absolute Gasteiger partial charge is 0.0561 e. The SMILES string of the molecule is c1ccc(-c2ccc(N(c3ccc(-c4ccc(-c5ccccc5-c5ccc6c(c5)-c5ccccc5C65C6CC7CC(C6)CC5C7)cc4)cc3)c3ccc4c5ccccc5n(-c5ccccc5)c4c3)cc2)cc1. The molecule has 5 aliphatic rings. The van der Waals surface area contributed by atoms with Crippen LogP contribution >= 0.6 is 0 Å². The molecule has 5 aliphatic carbocycles. The van der Waals surface area contributed by atoms with Gasteiger partial charge in [0.1, 0.15) is 0 Å². The lowest BCUT2D eigenvalue weighted by atomic mass is 9.43. The average molecular weight is 923 g/mol. The first-order chi connectivity index (χ1) is 35.7. The summed E-state index contributed by atoms with van der Waals surface area (Å²) in [5.41, 5.74) is 23.1. The lowest BCUT2D eigenvalue weighted by Crippen LogP contribution is -2.55. The molecule has 344 valence electrons. The Morgan fingerprint density at radius 1 is 0.319 bits per heavy atom. The minimum Gasteiger partial charge on any atom is -0.310 e. The normalized spacial score (nSPS) is 20.3. The number of para-hydroxylation sites is 2. The van der Waals surface area contributed by atoms with Crippen LogP contribution in [-0.2, 0) is 5.41 Å². The van der Waals surface area contributed by atoms with Gasteiger partial charge in [-0.05, 0) is 183 Å². The Hall–Kier alpha value is -8.20. The van der Waals surface area contributed by atoms with Crippen molar-refractivity contribution in [3.05, 3.63) is 254 Å². The van der Waals surface area contributed by atoms with E-state index < -0.39 is 0 Å². The van der Waals surface area contributed by atoms with Crippen LogP contribution in [-0.4, -0.2) is 4.57 Å². The summed E-state index contributed by atoms with van der Waals surface area (Å²) >= 11 is 0. The van der Waals surface area contributed by atoms with Crippen LogP contribution in [0.3, 0.4) is 0 Å². The molecule has 2 nitrogen and oxygen atoms in total. The standard InChI is InChI=1S/C70H54N2/c1-3-13-48(14-4-1)50-27-32-57(33-28-50)71(59-36-37-64-63-20-10-12-22-68(63)72(69(64)45-59)56-15-5-2-6-16-56)58-34-29-51(30-35-58)49-23-25-52(26-24-49)60-17-7-8-18-61(60)53-31-38-67-65(44-53)62-19-9-11-21-66(62)70(67)54-40-46-39-47(42-54)43-55(70)41-46/h1-38,44-47,54-55H,39-43H2. The Morgan fingerprint density at radius 2 is 0.792 bits per heavy atom. The van der Waals surface area contributed by atoms with Crippen molar-refractivity contribution in [3.8, 4) is 61.3 Å². The molecular weight excluding hydrogens is 869 g/mol. The molecular formula is C70H54N2. The Balaban J connectivity index is 0.770. The lowest BCUT2D eigenvalue weighted by Gasteiger charge is -2.61. The molecule has 10 aromatic carbocycles. The number of nitrogens with zero attached hydrogens (tertiary/aromatic N) is 2. The Kier molecular flexibility index (Phi) is 9.49. The topological polar surface area (TPSA) is 8.17 Å². The van der Waals surface area contributed by atoms with E-state index in [-0.39, 0.29) is 5.41 Å². The summed E-state index contributed by atoms with van der Waals surface area (Å²) < 4.78 is 2.40. The first-order valence-corrected chi connectivity index (χ1v) is 26.2. The van der Waals surface area contributed by atoms with Crippen molar-refractivity contribution in [3.63, 3.8) is 0 Å². The van der Waals surface area contributed by atoms with Crippen molar-refractivity contribution in [2.75, 3.05) is 4.90 Å². The third-order valence-corrected chi connectivity index (χ3v) is 17.6. The van der Waals surface area contributed by atoms with Crippen LogP contribution in [0.5, 0.6) is 0 Å². The summed E-state index contributed by atoms with van der Waals surface area (Å²) in [6.07, 6.45) is 7.12. The van der Waals surface area contributed by atoms with Crippen LogP contribution in [0.15, 0.2) is 243 Å². The number of fused-ring (bicyclic) bond motifs is 6. The van der Waals surface area contributed by atoms with Crippen molar-refractivity contribution in [1.29, 1.82) is 0 Å². The maximum Gasteiger partial charge on any atom is 0.0561 e. The molecule has 0 unspecified atom stereocenters. The van der Waals surface area contributed by atoms with Crippen molar-refractivity contribution >= 4 is 38.9 Å². The minimum atomic E-state index is 0.192. The quantitative estimate of drug-likeness (QED) is 0.147. The van der Waals surface area contributed by atoms with Crippen LogP contribution in [0.2, 0.25) is 0 Å². The van der Waals surface area contributed by atoms with Gasteiger partial charge in [0.25, 0.3) is 0 Å². The van der Waals surface area contributed by atoms with E-state index in [1.807, 2.05) is 0 Å². The number of hydrogen-bond acceptors (Lipinski definition) is 1. The summed E-state index contributed by atoms with van der Waals surface area (Å²) in [6.45, 7) is 0. The fourth-order valence-corrected chi connectivity index (χ4v) is 14.8. The van der Waals surface area contributed by atoms with Gasteiger partial charge >= 0.3 is 0 Å². The summed E-state index contributed by atoms with van der Waals surface area (Å²) in [5, 5.41) is 2.49. The molecule has 0 amide bonds. The maximum atomic E-state index is 2.56. The van der Waals surface area contributed by atoms with Crippen LogP contribution in [0.4, 0.5) is 17.1 Å². The minimum absolute atomic E-state index is 0.192. The third-order valence-electron chi connectivity index (χ3n) is 17.6. The molecule has 0 radical (unpaired) electrons. The van der Waals surface area contributed by atoms with E-state index in [0.29, 0.717) is 0 Å². The highest BCUT2D eigenvalue weighted by atomic mass is 15.1. The zero-order chi connectivity index (χ0) is 47.3. The van der Waals surface area contributed by atoms with Gasteiger partial charge in [-0.25, -0.2) is 0 Å². The van der Waals surface area contributed by atoms with Gasteiger partial charge in [-0.3, -0.25) is 0 Å². The summed E-state index contributed by atoms with van der Waals surface area (Å²) in [7, 11) is 0. The molecule has 1 aromatic heterocycles. The fraction of sp³-hybridized carbons (Fsp3) is 0.143. The molecule has 4 bridgehead atoms. The summed E-state index contributed by atoms with van der Waals surface area (Å²) in [6, 6.07) is 90.5. The molecule has 0 atom stereocenters. The van der Waals surface area contributed by atoms with Crippen LogP contribution in [0.25, 0.3) is 83.1 Å². The van der Waals surface area contributed by atoms with E-state index in [0.717, 1.165) is 46.4 Å². The zero-order valence-corrected chi connectivity index (χ0v) is 40.3. The molecule has 2 heteroatoms. The van der Waals surface area contributed by atoms with Gasteiger partial charge in [0.15, 0.2) is 0 Å². The predicted octanol–water partition coefficient (Wildman–Crippen LogP) is 18.6. The van der Waals surface area contributed by atoms with Gasteiger partial charge in [0, 0.05) is 38.9 Å². The molecule has 1 spiro atoms. The molecule has 0 N–H and O–H groups in total. The van der Waals surface area contributed by atoms with E-state index in [9.17, 15) is 0 Å². The first kappa shape index (κ1) is 41.6. The molecule has 0 saturated heterocycles. The van der Waals surface area contributed by atoms with Gasteiger partial charge in [0.05, 0.1) is 11.0 Å². The molecule has 1 heterocycles. The van der Waals surface area contributed by atoms with E-state index >= 15 is 0 Å². The Labute approximate surface area is 422 Å². The van der Waals surface area contributed by atoms with Crippen LogP contribution in [0, 0.1) is 23.7 Å². The predicted molar refractivity (Wildman–Crippen MR) is 300 cm³/mol. The number of anilines is 3. The van der Waals surface area contributed by atoms with E-state index in [1.54, 1.807) is 11.1 Å². The van der Waals surface area contributed by atoms with Gasteiger partial charge in [0.2, 0.25) is 0 Å². The highest BCUT2D eigenvalue weighted by molar-refractivity contribution is 6.10. The van der Waals surface area contributed by atoms with Crippen molar-refractivity contribution in [2.45, 2.75) is 37.5 Å². The third kappa shape index (κ3) is 6.41. The number of rotatable bonds is 8. The second-order valence-corrected chi connectivity index (χ2v) is 21.3. The molecule has 16 rings (SSSR count). The lowest BCUT2D eigenvalue weighted by molar-refractivity contribution is -0.0399. The van der Waals surface area contributed by atoms with Gasteiger partial charge in [-0.1, -0.05) is 182 Å². The molecule has 0 aliphatic heterocycles. The molecule has 4 fully saturated rings. The highest BCUT2D eigenvalue weighted by Crippen LogP contribution is 2.69. The molecule has 4 saturated carbocycles. The molecule has 11 aromatic rings. The van der Waals surface area contributed by atoms with Gasteiger partial charge in [-0.15, -0.1) is 0 Å². The van der Waals surface area contributed by atoms with Gasteiger partial charge in [-0.2, -0.15) is 0 Å². The van der Waals surface area contributed by atoms with Crippen molar-refractivity contribution < 1.29 is 0 Å². The fourth-order valence-electron chi connectivity index (χ4n) is 14.8. The Morgan fingerprint density at radius 3 is 1.46 bits per heavy atom. The Bertz CT molecular complexity index is 3820. The summed E-state index contributed by atoms with van der Waals surface area (Å²) in [4.78, 5) is 2.39. The zero-order valence-electron chi connectivity index (χ0n) is 40.3. The summed E-state index contributed by atoms with van der Waals surface area (Å²) in [5.74, 6) is 3.43. The monoisotopic (exact) mass is 922 g/mol. The number of hydrogen-bond donors (Lipinski definition) is 0. The van der Waals surface area contributed by atoms with Crippen LogP contribution in [0.1, 0.15) is 43.2 Å². The first-order valence-electron chi connectivity index (χ1n) is 26.2. The number of benzene rings is 10. The molecule has 72 heavy (non-hydrogen) atoms. The maximum absolute atomic E-state index is 2.56. The van der Waals surface area contributed by atoms with Crippen LogP contribution < -0.4 is 4.90 Å². The second kappa shape index (κ2) is 16.4. The largest absolute Gasteiger partial charge is 0.310 e. The van der Waals surface area contributed by atoms with E-state index in [1.165, 1.54) is 110 Å². The van der Waals surface area contributed by atoms with Crippen molar-refractivity contribution in [1.82, 2.24) is 4.57 Å². The van der Waals surface area contributed by atoms with E-state index in [2.05, 4.69) is 252 Å².